The summed E-state index contributed by atoms with van der Waals surface area (Å²) in [6, 6.07) is 17.5. The molecule has 1 heterocycles. The van der Waals surface area contributed by atoms with E-state index in [-0.39, 0.29) is 18.0 Å². The smallest absolute Gasteiger partial charge is 0.0743 e. The van der Waals surface area contributed by atoms with Gasteiger partial charge in [0.1, 0.15) is 0 Å². The average molecular weight is 335 g/mol. The van der Waals surface area contributed by atoms with E-state index in [1.54, 1.807) is 0 Å². The minimum absolute atomic E-state index is 0.106. The molecule has 25 heavy (non-hydrogen) atoms. The van der Waals surface area contributed by atoms with Gasteiger partial charge in [-0.2, -0.15) is 0 Å². The van der Waals surface area contributed by atoms with Gasteiger partial charge >= 0.3 is 0 Å². The lowest BCUT2D eigenvalue weighted by atomic mass is 9.70. The Hall–Kier alpha value is -1.90. The van der Waals surface area contributed by atoms with Crippen molar-refractivity contribution in [2.24, 2.45) is 5.92 Å². The lowest BCUT2D eigenvalue weighted by molar-refractivity contribution is -0.0654. The van der Waals surface area contributed by atoms with Crippen LogP contribution < -0.4 is 5.32 Å². The number of aliphatic hydroxyl groups is 1. The van der Waals surface area contributed by atoms with Crippen LogP contribution in [0.1, 0.15) is 54.1 Å². The maximum Gasteiger partial charge on any atom is 0.0743 e. The predicted molar refractivity (Wildman–Crippen MR) is 105 cm³/mol. The van der Waals surface area contributed by atoms with E-state index in [1.807, 2.05) is 6.08 Å². The van der Waals surface area contributed by atoms with E-state index in [9.17, 15) is 5.11 Å². The van der Waals surface area contributed by atoms with Crippen molar-refractivity contribution < 1.29 is 5.11 Å². The highest BCUT2D eigenvalue weighted by molar-refractivity contribution is 5.30. The fourth-order valence-electron chi connectivity index (χ4n) is 3.96. The Morgan fingerprint density at radius 1 is 1.04 bits per heavy atom. The van der Waals surface area contributed by atoms with Gasteiger partial charge in [0.2, 0.25) is 0 Å². The lowest BCUT2D eigenvalue weighted by Crippen LogP contribution is -2.51. The topological polar surface area (TPSA) is 32.3 Å². The van der Waals surface area contributed by atoms with Gasteiger partial charge in [-0.25, -0.2) is 0 Å². The summed E-state index contributed by atoms with van der Waals surface area (Å²) in [7, 11) is 0. The molecule has 1 aliphatic rings. The second-order valence-corrected chi connectivity index (χ2v) is 7.61. The maximum atomic E-state index is 11.4. The van der Waals surface area contributed by atoms with Crippen molar-refractivity contribution >= 4 is 0 Å². The summed E-state index contributed by atoms with van der Waals surface area (Å²) >= 11 is 0. The van der Waals surface area contributed by atoms with E-state index in [4.69, 9.17) is 0 Å². The molecule has 3 rings (SSSR count). The number of benzene rings is 2. The molecular weight excluding hydrogens is 306 g/mol. The molecule has 0 bridgehead atoms. The molecule has 0 saturated carbocycles. The van der Waals surface area contributed by atoms with Crippen LogP contribution in [-0.4, -0.2) is 10.7 Å². The maximum absolute atomic E-state index is 11.4. The molecule has 0 aromatic heterocycles. The van der Waals surface area contributed by atoms with Gasteiger partial charge in [0.05, 0.1) is 5.60 Å². The molecule has 2 heteroatoms. The monoisotopic (exact) mass is 335 g/mol. The summed E-state index contributed by atoms with van der Waals surface area (Å²) in [4.78, 5) is 0. The van der Waals surface area contributed by atoms with E-state index in [0.29, 0.717) is 12.8 Å². The summed E-state index contributed by atoms with van der Waals surface area (Å²) in [6.45, 7) is 10.2. The molecule has 1 fully saturated rings. The van der Waals surface area contributed by atoms with Crippen molar-refractivity contribution in [3.63, 3.8) is 0 Å². The van der Waals surface area contributed by atoms with Crippen LogP contribution in [0.15, 0.2) is 61.2 Å². The first-order valence-electron chi connectivity index (χ1n) is 9.15. The van der Waals surface area contributed by atoms with Gasteiger partial charge in [-0.15, -0.1) is 6.58 Å². The number of rotatable bonds is 4. The number of hydrogen-bond donors (Lipinski definition) is 2. The SMILES string of the molecule is C=CC[C@@]1(O)C[C@@H](c2ccc(C)cc2)N[C@@H](c2ccc(C)cc2)[C@H]1C. The fraction of sp³-hybridized carbons (Fsp3) is 0.391. The van der Waals surface area contributed by atoms with Crippen molar-refractivity contribution in [1.29, 1.82) is 0 Å². The molecule has 0 spiro atoms. The van der Waals surface area contributed by atoms with Crippen molar-refractivity contribution in [1.82, 2.24) is 5.32 Å². The van der Waals surface area contributed by atoms with E-state index in [2.05, 4.69) is 81.2 Å². The summed E-state index contributed by atoms with van der Waals surface area (Å²) in [5.41, 5.74) is 4.22. The molecule has 1 aliphatic heterocycles. The number of aryl methyl sites for hydroxylation is 2. The summed E-state index contributed by atoms with van der Waals surface area (Å²) in [6.07, 6.45) is 3.16. The zero-order valence-corrected chi connectivity index (χ0v) is 15.5. The van der Waals surface area contributed by atoms with Gasteiger partial charge < -0.3 is 10.4 Å². The second-order valence-electron chi connectivity index (χ2n) is 7.61. The van der Waals surface area contributed by atoms with Gasteiger partial charge in [0.25, 0.3) is 0 Å². The molecule has 2 N–H and O–H groups in total. The van der Waals surface area contributed by atoms with E-state index in [1.165, 1.54) is 22.3 Å². The highest BCUT2D eigenvalue weighted by atomic mass is 16.3. The first-order chi connectivity index (χ1) is 11.9. The van der Waals surface area contributed by atoms with Crippen LogP contribution in [-0.2, 0) is 0 Å². The number of piperidine rings is 1. The van der Waals surface area contributed by atoms with Crippen LogP contribution in [0.5, 0.6) is 0 Å². The third-order valence-electron chi connectivity index (χ3n) is 5.70. The van der Waals surface area contributed by atoms with E-state index in [0.717, 1.165) is 0 Å². The first kappa shape index (κ1) is 17.9. The van der Waals surface area contributed by atoms with Crippen LogP contribution in [0.25, 0.3) is 0 Å². The average Bonchev–Trinajstić information content (AvgIpc) is 2.59. The Morgan fingerprint density at radius 3 is 2.08 bits per heavy atom. The Labute approximate surface area is 151 Å². The zero-order valence-electron chi connectivity index (χ0n) is 15.5. The Balaban J connectivity index is 1.97. The molecular formula is C23H29NO. The molecule has 0 aliphatic carbocycles. The van der Waals surface area contributed by atoms with Crippen LogP contribution in [0.3, 0.4) is 0 Å². The third kappa shape index (κ3) is 3.70. The highest BCUT2D eigenvalue weighted by Gasteiger charge is 2.45. The Morgan fingerprint density at radius 2 is 1.56 bits per heavy atom. The first-order valence-corrected chi connectivity index (χ1v) is 9.15. The Bertz CT molecular complexity index is 719. The highest BCUT2D eigenvalue weighted by Crippen LogP contribution is 2.44. The zero-order chi connectivity index (χ0) is 18.0. The van der Waals surface area contributed by atoms with Crippen LogP contribution in [0, 0.1) is 19.8 Å². The summed E-state index contributed by atoms with van der Waals surface area (Å²) < 4.78 is 0. The van der Waals surface area contributed by atoms with Gasteiger partial charge in [-0.1, -0.05) is 72.7 Å². The summed E-state index contributed by atoms with van der Waals surface area (Å²) in [5, 5.41) is 15.2. The van der Waals surface area contributed by atoms with Crippen molar-refractivity contribution in [2.45, 2.75) is 51.3 Å². The molecule has 1 saturated heterocycles. The molecule has 0 amide bonds. The molecule has 2 aromatic carbocycles. The molecule has 132 valence electrons. The quantitative estimate of drug-likeness (QED) is 0.769. The van der Waals surface area contributed by atoms with Crippen LogP contribution >= 0.6 is 0 Å². The van der Waals surface area contributed by atoms with Crippen LogP contribution in [0.2, 0.25) is 0 Å². The molecule has 0 unspecified atom stereocenters. The third-order valence-corrected chi connectivity index (χ3v) is 5.70. The largest absolute Gasteiger partial charge is 0.389 e. The normalized spacial score (nSPS) is 29.4. The van der Waals surface area contributed by atoms with E-state index < -0.39 is 5.60 Å². The Kier molecular flexibility index (Phi) is 5.12. The van der Waals surface area contributed by atoms with Gasteiger partial charge in [-0.3, -0.25) is 0 Å². The molecule has 2 nitrogen and oxygen atoms in total. The predicted octanol–water partition coefficient (Wildman–Crippen LogP) is 5.02. The minimum Gasteiger partial charge on any atom is -0.389 e. The number of nitrogens with one attached hydrogen (secondary N) is 1. The lowest BCUT2D eigenvalue weighted by Gasteiger charge is -2.47. The second kappa shape index (κ2) is 7.15. The molecule has 0 radical (unpaired) electrons. The van der Waals surface area contributed by atoms with Crippen molar-refractivity contribution in [2.75, 3.05) is 0 Å². The van der Waals surface area contributed by atoms with Crippen molar-refractivity contribution in [3.05, 3.63) is 83.4 Å². The van der Waals surface area contributed by atoms with E-state index >= 15 is 0 Å². The van der Waals surface area contributed by atoms with Crippen molar-refractivity contribution in [3.8, 4) is 0 Å². The molecule has 2 aromatic rings. The van der Waals surface area contributed by atoms with Crippen LogP contribution in [0.4, 0.5) is 0 Å². The number of hydrogen-bond acceptors (Lipinski definition) is 2. The van der Waals surface area contributed by atoms with Gasteiger partial charge in [-0.05, 0) is 37.8 Å². The van der Waals surface area contributed by atoms with Gasteiger partial charge in [0.15, 0.2) is 0 Å². The minimum atomic E-state index is -0.752. The molecule has 4 atom stereocenters. The van der Waals surface area contributed by atoms with Gasteiger partial charge in [0, 0.05) is 18.0 Å². The standard InChI is InChI=1S/C23H29NO/c1-5-14-23(25)15-21(19-10-6-16(2)7-11-19)24-22(18(23)4)20-12-8-17(3)9-13-20/h5-13,18,21-22,24-25H,1,14-15H2,2-4H3/t18-,21+,22-,23-/m1/s1. The fourth-order valence-corrected chi connectivity index (χ4v) is 3.96. The summed E-state index contributed by atoms with van der Waals surface area (Å²) in [5.74, 6) is 0.106.